The second-order valence-electron chi connectivity index (χ2n) is 4.16. The molecule has 1 aliphatic heterocycles. The van der Waals surface area contributed by atoms with Crippen LogP contribution in [0.2, 0.25) is 0 Å². The number of nitrogens with one attached hydrogen (secondary N) is 1. The summed E-state index contributed by atoms with van der Waals surface area (Å²) in [6, 6.07) is 3.73. The van der Waals surface area contributed by atoms with E-state index in [2.05, 4.69) is 15.3 Å². The quantitative estimate of drug-likeness (QED) is 0.872. The molecule has 1 N–H and O–H groups in total. The lowest BCUT2D eigenvalue weighted by atomic mass is 10.1. The van der Waals surface area contributed by atoms with Crippen molar-refractivity contribution in [1.82, 2.24) is 14.9 Å². The number of carbonyl (C=O) groups is 1. The first-order chi connectivity index (χ1) is 8.83. The molecule has 6 heteroatoms. The molecule has 6 nitrogen and oxygen atoms in total. The van der Waals surface area contributed by atoms with Crippen molar-refractivity contribution in [3.8, 4) is 0 Å². The third-order valence-electron chi connectivity index (χ3n) is 2.87. The third kappa shape index (κ3) is 2.04. The Balaban J connectivity index is 1.53. The monoisotopic (exact) mass is 244 g/mol. The number of amides is 1. The molecule has 92 valence electrons. The van der Waals surface area contributed by atoms with Gasteiger partial charge in [-0.2, -0.15) is 0 Å². The minimum absolute atomic E-state index is 0.00416. The summed E-state index contributed by atoms with van der Waals surface area (Å²) in [7, 11) is 0. The van der Waals surface area contributed by atoms with Gasteiger partial charge in [0.05, 0.1) is 17.9 Å². The topological polar surface area (TPSA) is 71.3 Å². The van der Waals surface area contributed by atoms with E-state index in [1.807, 2.05) is 0 Å². The van der Waals surface area contributed by atoms with Crippen LogP contribution < -0.4 is 5.32 Å². The van der Waals surface area contributed by atoms with Crippen molar-refractivity contribution in [3.63, 3.8) is 0 Å². The summed E-state index contributed by atoms with van der Waals surface area (Å²) >= 11 is 0. The van der Waals surface area contributed by atoms with Gasteiger partial charge < -0.3 is 14.6 Å². The van der Waals surface area contributed by atoms with Gasteiger partial charge in [0.25, 0.3) is 5.91 Å². The SMILES string of the molecule is O=C(c1ccoc1)N1CC(Nc2ccncn2)C1. The molecule has 0 aliphatic carbocycles. The molecule has 2 aromatic heterocycles. The first-order valence-electron chi connectivity index (χ1n) is 5.67. The van der Waals surface area contributed by atoms with E-state index in [1.165, 1.54) is 18.9 Å². The Hall–Kier alpha value is -2.37. The molecule has 0 saturated carbocycles. The summed E-state index contributed by atoms with van der Waals surface area (Å²) in [5.41, 5.74) is 0.593. The van der Waals surface area contributed by atoms with Crippen molar-refractivity contribution in [2.75, 3.05) is 18.4 Å². The minimum Gasteiger partial charge on any atom is -0.472 e. The average Bonchev–Trinajstić information content (AvgIpc) is 2.87. The van der Waals surface area contributed by atoms with E-state index in [0.29, 0.717) is 18.7 Å². The second kappa shape index (κ2) is 4.48. The zero-order chi connectivity index (χ0) is 12.4. The molecule has 0 unspecified atom stereocenters. The van der Waals surface area contributed by atoms with Gasteiger partial charge in [0.1, 0.15) is 18.4 Å². The molecule has 1 aliphatic rings. The maximum absolute atomic E-state index is 11.9. The van der Waals surface area contributed by atoms with Crippen LogP contribution in [-0.4, -0.2) is 39.9 Å². The summed E-state index contributed by atoms with van der Waals surface area (Å²) in [6.07, 6.45) is 6.15. The average molecular weight is 244 g/mol. The Morgan fingerprint density at radius 3 is 3.00 bits per heavy atom. The zero-order valence-corrected chi connectivity index (χ0v) is 9.61. The van der Waals surface area contributed by atoms with Crippen LogP contribution in [0.1, 0.15) is 10.4 Å². The van der Waals surface area contributed by atoms with Gasteiger partial charge in [0, 0.05) is 19.3 Å². The number of nitrogens with zero attached hydrogens (tertiary/aromatic N) is 3. The van der Waals surface area contributed by atoms with Crippen LogP contribution in [0, 0.1) is 0 Å². The number of rotatable bonds is 3. The van der Waals surface area contributed by atoms with E-state index >= 15 is 0 Å². The van der Waals surface area contributed by atoms with Gasteiger partial charge >= 0.3 is 0 Å². The van der Waals surface area contributed by atoms with Gasteiger partial charge in [0.2, 0.25) is 0 Å². The Morgan fingerprint density at radius 2 is 2.33 bits per heavy atom. The highest BCUT2D eigenvalue weighted by Crippen LogP contribution is 2.16. The fourth-order valence-electron chi connectivity index (χ4n) is 1.89. The summed E-state index contributed by atoms with van der Waals surface area (Å²) in [5, 5.41) is 3.24. The van der Waals surface area contributed by atoms with Gasteiger partial charge in [-0.25, -0.2) is 9.97 Å². The fourth-order valence-corrected chi connectivity index (χ4v) is 1.89. The number of hydrogen-bond donors (Lipinski definition) is 1. The number of likely N-dealkylation sites (tertiary alicyclic amines) is 1. The molecule has 0 aromatic carbocycles. The lowest BCUT2D eigenvalue weighted by molar-refractivity contribution is 0.0624. The number of carbonyl (C=O) groups excluding carboxylic acids is 1. The maximum atomic E-state index is 11.9. The zero-order valence-electron chi connectivity index (χ0n) is 9.61. The largest absolute Gasteiger partial charge is 0.472 e. The van der Waals surface area contributed by atoms with Crippen LogP contribution in [0.4, 0.5) is 5.82 Å². The van der Waals surface area contributed by atoms with E-state index in [1.54, 1.807) is 23.2 Å². The van der Waals surface area contributed by atoms with Crippen LogP contribution in [-0.2, 0) is 0 Å². The minimum atomic E-state index is 0.00416. The number of hydrogen-bond acceptors (Lipinski definition) is 5. The Labute approximate surface area is 104 Å². The van der Waals surface area contributed by atoms with Gasteiger partial charge in [0.15, 0.2) is 0 Å². The van der Waals surface area contributed by atoms with Crippen molar-refractivity contribution >= 4 is 11.7 Å². The number of furan rings is 1. The molecule has 1 fully saturated rings. The fraction of sp³-hybridized carbons (Fsp3) is 0.250. The molecule has 2 aromatic rings. The highest BCUT2D eigenvalue weighted by Gasteiger charge is 2.31. The Morgan fingerprint density at radius 1 is 1.44 bits per heavy atom. The van der Waals surface area contributed by atoms with Crippen molar-refractivity contribution in [1.29, 1.82) is 0 Å². The van der Waals surface area contributed by atoms with E-state index in [9.17, 15) is 4.79 Å². The van der Waals surface area contributed by atoms with E-state index < -0.39 is 0 Å². The van der Waals surface area contributed by atoms with Crippen molar-refractivity contribution in [2.24, 2.45) is 0 Å². The number of anilines is 1. The van der Waals surface area contributed by atoms with Crippen LogP contribution in [0.25, 0.3) is 0 Å². The summed E-state index contributed by atoms with van der Waals surface area (Å²) < 4.78 is 4.90. The van der Waals surface area contributed by atoms with E-state index in [0.717, 1.165) is 5.82 Å². The Bertz CT molecular complexity index is 520. The normalized spacial score (nSPS) is 15.2. The molecule has 0 atom stereocenters. The first kappa shape index (κ1) is 10.8. The van der Waals surface area contributed by atoms with Gasteiger partial charge in [-0.15, -0.1) is 0 Å². The third-order valence-corrected chi connectivity index (χ3v) is 2.87. The summed E-state index contributed by atoms with van der Waals surface area (Å²) in [6.45, 7) is 1.35. The second-order valence-corrected chi connectivity index (χ2v) is 4.16. The van der Waals surface area contributed by atoms with Crippen molar-refractivity contribution < 1.29 is 9.21 Å². The van der Waals surface area contributed by atoms with Crippen LogP contribution in [0.3, 0.4) is 0 Å². The van der Waals surface area contributed by atoms with Gasteiger partial charge in [-0.1, -0.05) is 0 Å². The van der Waals surface area contributed by atoms with Gasteiger partial charge in [-0.05, 0) is 12.1 Å². The molecule has 0 radical (unpaired) electrons. The smallest absolute Gasteiger partial charge is 0.257 e. The lowest BCUT2D eigenvalue weighted by Gasteiger charge is -2.39. The summed E-state index contributed by atoms with van der Waals surface area (Å²) in [5.74, 6) is 0.787. The maximum Gasteiger partial charge on any atom is 0.257 e. The molecule has 3 heterocycles. The lowest BCUT2D eigenvalue weighted by Crippen LogP contribution is -2.57. The van der Waals surface area contributed by atoms with Crippen LogP contribution in [0.15, 0.2) is 41.6 Å². The molecule has 0 spiro atoms. The predicted octanol–water partition coefficient (Wildman–Crippen LogP) is 1.01. The molecule has 1 amide bonds. The molecule has 0 bridgehead atoms. The van der Waals surface area contributed by atoms with Crippen molar-refractivity contribution in [2.45, 2.75) is 6.04 Å². The van der Waals surface area contributed by atoms with E-state index in [4.69, 9.17) is 4.42 Å². The molecule has 18 heavy (non-hydrogen) atoms. The highest BCUT2D eigenvalue weighted by atomic mass is 16.3. The first-order valence-corrected chi connectivity index (χ1v) is 5.67. The summed E-state index contributed by atoms with van der Waals surface area (Å²) in [4.78, 5) is 21.6. The molecule has 3 rings (SSSR count). The van der Waals surface area contributed by atoms with Crippen LogP contribution >= 0.6 is 0 Å². The van der Waals surface area contributed by atoms with Crippen molar-refractivity contribution in [3.05, 3.63) is 42.7 Å². The highest BCUT2D eigenvalue weighted by molar-refractivity contribution is 5.94. The molecular formula is C12H12N4O2. The predicted molar refractivity (Wildman–Crippen MR) is 64.1 cm³/mol. The van der Waals surface area contributed by atoms with E-state index in [-0.39, 0.29) is 11.9 Å². The molecule has 1 saturated heterocycles. The standard InChI is InChI=1S/C12H12N4O2/c17-12(9-2-4-18-7-9)16-5-10(6-16)15-11-1-3-13-8-14-11/h1-4,7-8,10H,5-6H2,(H,13,14,15). The van der Waals surface area contributed by atoms with Gasteiger partial charge in [-0.3, -0.25) is 4.79 Å². The molecular weight excluding hydrogens is 232 g/mol. The number of aromatic nitrogens is 2. The van der Waals surface area contributed by atoms with Crippen LogP contribution in [0.5, 0.6) is 0 Å². The Kier molecular flexibility index (Phi) is 2.68.